The average Bonchev–Trinajstić information content (AvgIpc) is 1.54. The van der Waals surface area contributed by atoms with Crippen molar-refractivity contribution in [1.82, 2.24) is 9.97 Å². The second-order valence-corrected chi connectivity index (χ2v) is 33.7. The Bertz CT molecular complexity index is 6060. The molecular weight excluding hydrogens is 1600 g/mol. The van der Waals surface area contributed by atoms with E-state index in [2.05, 4.69) is 442 Å². The maximum absolute atomic E-state index is 5.30. The second kappa shape index (κ2) is 32.4. The van der Waals surface area contributed by atoms with Crippen molar-refractivity contribution in [2.75, 3.05) is 0 Å². The topological polar surface area (TPSA) is 25.8 Å². The third-order valence-electron chi connectivity index (χ3n) is 26.4. The summed E-state index contributed by atoms with van der Waals surface area (Å²) in [5, 5.41) is 0. The fraction of sp³-hybridized carbons (Fsp3) is 0.130. The van der Waals surface area contributed by atoms with E-state index in [1.807, 2.05) is 6.07 Å². The molecule has 118 heavy (non-hydrogen) atoms. The van der Waals surface area contributed by atoms with Crippen LogP contribution in [0.25, 0.3) is 156 Å². The van der Waals surface area contributed by atoms with Crippen LogP contribution in [0, 0.1) is 29.7 Å². The van der Waals surface area contributed by atoms with E-state index in [0.717, 1.165) is 97.4 Å². The van der Waals surface area contributed by atoms with Gasteiger partial charge in [0.25, 0.3) is 0 Å². The maximum Gasteiger partial charge on any atom is 0.0239 e. The molecule has 1 radical (unpaired) electrons. The third-order valence-corrected chi connectivity index (χ3v) is 26.4. The normalized spacial score (nSPS) is 15.7. The van der Waals surface area contributed by atoms with Crippen molar-refractivity contribution >= 4 is 0 Å². The molecular formula is C115H90IrN2-4. The predicted octanol–water partition coefficient (Wildman–Crippen LogP) is 30.4. The van der Waals surface area contributed by atoms with Gasteiger partial charge in [-0.05, 0) is 230 Å². The van der Waals surface area contributed by atoms with Crippen molar-refractivity contribution in [1.29, 1.82) is 0 Å². The summed E-state index contributed by atoms with van der Waals surface area (Å²) in [4.78, 5) is 10.6. The van der Waals surface area contributed by atoms with Gasteiger partial charge in [0.05, 0.1) is 0 Å². The zero-order valence-corrected chi connectivity index (χ0v) is 69.8. The summed E-state index contributed by atoms with van der Waals surface area (Å²) in [7, 11) is 0. The first-order valence-electron chi connectivity index (χ1n) is 41.3. The van der Waals surface area contributed by atoms with E-state index in [1.165, 1.54) is 106 Å². The van der Waals surface area contributed by atoms with Gasteiger partial charge < -0.3 is 9.97 Å². The number of nitrogens with zero attached hydrogens (tertiary/aromatic N) is 2. The first kappa shape index (κ1) is 76.5. The molecule has 19 rings (SSSR count). The van der Waals surface area contributed by atoms with Gasteiger partial charge in [0.2, 0.25) is 0 Å². The van der Waals surface area contributed by atoms with Crippen molar-refractivity contribution in [3.05, 3.63) is 435 Å². The minimum Gasteiger partial charge on any atom is -0.304 e. The van der Waals surface area contributed by atoms with Gasteiger partial charge in [0.1, 0.15) is 0 Å². The first-order valence-corrected chi connectivity index (χ1v) is 41.3. The molecule has 0 N–H and O–H groups in total. The van der Waals surface area contributed by atoms with Gasteiger partial charge in [-0.3, -0.25) is 0 Å². The fourth-order valence-corrected chi connectivity index (χ4v) is 18.9. The Labute approximate surface area is 710 Å². The number of hydrogen-bond acceptors (Lipinski definition) is 2. The van der Waals surface area contributed by atoms with Gasteiger partial charge in [-0.1, -0.05) is 302 Å². The van der Waals surface area contributed by atoms with Crippen LogP contribution in [0.15, 0.2) is 382 Å². The Kier molecular flexibility index (Phi) is 21.0. The molecule has 0 bridgehead atoms. The van der Waals surface area contributed by atoms with Crippen LogP contribution in [0.1, 0.15) is 106 Å². The Morgan fingerprint density at radius 2 is 0.551 bits per heavy atom. The van der Waals surface area contributed by atoms with Crippen molar-refractivity contribution in [2.45, 2.75) is 89.4 Å². The van der Waals surface area contributed by atoms with Crippen molar-refractivity contribution in [3.8, 4) is 156 Å². The standard InChI is InChI=1S/C115H90N2.Ir/c1-113(2)109-58-55-91(74-110(109)114(3,4)115(113,5)6)112-60-57-93(76-117-112)105-47-21-24-50-108(105)102-72-100(106-48-22-19-45-103(106)82-53-51-81(52-54-82)83-37-25-38-84(61-83)85-39-26-42-88(62-85)98-67-94(77-29-11-7-12-30-77)65-95(68-98)78-31-13-8-14-32-78)71-101(73-102)107-49-23-20-46-104(107)92-56-59-111(116-75-92)90-44-28-41-87(64-90)86-40-27-43-89(63-86)99-69-96(79-33-15-9-16-34-79)66-97(70-99)80-35-17-10-18-36-80;/h7-36,38-43,45-51,53-54,56-70,74-76,100-102H,71-73H2,1-6H3;/q-4;. The van der Waals surface area contributed by atoms with Crippen molar-refractivity contribution in [2.24, 2.45) is 5.41 Å². The van der Waals surface area contributed by atoms with E-state index in [-0.39, 0.29) is 54.1 Å². The van der Waals surface area contributed by atoms with Gasteiger partial charge in [0.15, 0.2) is 0 Å². The number of pyridine rings is 2. The average molecular weight is 1690 g/mol. The summed E-state index contributed by atoms with van der Waals surface area (Å²) < 4.78 is 0. The molecule has 2 heterocycles. The Morgan fingerprint density at radius 1 is 0.237 bits per heavy atom. The first-order chi connectivity index (χ1) is 57.2. The second-order valence-electron chi connectivity index (χ2n) is 33.7. The Hall–Kier alpha value is -12.8. The molecule has 0 amide bonds. The van der Waals surface area contributed by atoms with Crippen LogP contribution >= 0.6 is 0 Å². The molecule has 0 saturated heterocycles. The quantitative estimate of drug-likeness (QED) is 0.0849. The minimum absolute atomic E-state index is 0. The summed E-state index contributed by atoms with van der Waals surface area (Å²) in [6.45, 7) is 14.4. The Morgan fingerprint density at radius 3 is 0.949 bits per heavy atom. The number of benzene rings is 15. The molecule has 3 unspecified atom stereocenters. The Balaban J connectivity index is 0.00000959. The molecule has 2 nitrogen and oxygen atoms in total. The molecule has 1 fully saturated rings. The zero-order valence-electron chi connectivity index (χ0n) is 67.5. The number of fused-ring (bicyclic) bond motifs is 1. The molecule has 573 valence electrons. The smallest absolute Gasteiger partial charge is 0.0239 e. The van der Waals surface area contributed by atoms with Crippen LogP contribution in [0.5, 0.6) is 0 Å². The van der Waals surface area contributed by atoms with E-state index in [1.54, 1.807) is 0 Å². The number of hydrogen-bond donors (Lipinski definition) is 0. The van der Waals surface area contributed by atoms with E-state index < -0.39 is 0 Å². The number of rotatable bonds is 17. The SMILES string of the molecule is CC1(C)c2c[c-]c(-c3ccc(-c4ccccc4C4CC(c5ccccc5-c5c[c-]c(-c6[c-]ccc(-c7cccc(-c8cc(-c9ccccc9)cc(-c9ccccc9)c8)c7)c6)cc5)CC(c5ccccc5-c5ccc(-c6[c-]ccc(-c7cccc(-c8cc(-c9ccccc9)cc(-c9ccccc9)c8)c7)c6)nc5)C4)cn3)cc2C(C)(C)C1(C)C.[Ir]. The van der Waals surface area contributed by atoms with Crippen LogP contribution in [-0.2, 0) is 30.9 Å². The minimum atomic E-state index is -0.0262. The van der Waals surface area contributed by atoms with Crippen molar-refractivity contribution in [3.63, 3.8) is 0 Å². The van der Waals surface area contributed by atoms with Crippen LogP contribution < -0.4 is 0 Å². The summed E-state index contributed by atoms with van der Waals surface area (Å²) in [6.07, 6.45) is 7.12. The largest absolute Gasteiger partial charge is 0.304 e. The van der Waals surface area contributed by atoms with E-state index in [4.69, 9.17) is 9.97 Å². The van der Waals surface area contributed by atoms with Crippen LogP contribution in [-0.4, -0.2) is 9.97 Å². The molecule has 1 saturated carbocycles. The molecule has 2 aliphatic carbocycles. The molecule has 0 aliphatic heterocycles. The van der Waals surface area contributed by atoms with Crippen LogP contribution in [0.4, 0.5) is 0 Å². The molecule has 2 aliphatic rings. The molecule has 3 atom stereocenters. The fourth-order valence-electron chi connectivity index (χ4n) is 18.9. The zero-order chi connectivity index (χ0) is 79.2. The van der Waals surface area contributed by atoms with Gasteiger partial charge in [-0.2, -0.15) is 30.3 Å². The maximum atomic E-state index is 5.30. The molecule has 3 heteroatoms. The van der Waals surface area contributed by atoms with Gasteiger partial charge >= 0.3 is 0 Å². The molecule has 17 aromatic rings. The molecule has 2 aromatic heterocycles. The third kappa shape index (κ3) is 14.9. The van der Waals surface area contributed by atoms with Gasteiger partial charge in [-0.25, -0.2) is 11.1 Å². The van der Waals surface area contributed by atoms with E-state index in [9.17, 15) is 0 Å². The van der Waals surface area contributed by atoms with Gasteiger partial charge in [0, 0.05) is 32.5 Å². The van der Waals surface area contributed by atoms with E-state index >= 15 is 0 Å². The summed E-state index contributed by atoms with van der Waals surface area (Å²) >= 11 is 0. The molecule has 0 spiro atoms. The van der Waals surface area contributed by atoms with Crippen molar-refractivity contribution < 1.29 is 20.1 Å². The van der Waals surface area contributed by atoms with Crippen LogP contribution in [0.2, 0.25) is 0 Å². The van der Waals surface area contributed by atoms with Crippen LogP contribution in [0.3, 0.4) is 0 Å². The number of aromatic nitrogens is 2. The van der Waals surface area contributed by atoms with Gasteiger partial charge in [-0.15, -0.1) is 99.6 Å². The molecule has 15 aromatic carbocycles. The predicted molar refractivity (Wildman–Crippen MR) is 488 cm³/mol. The monoisotopic (exact) mass is 1690 g/mol. The summed E-state index contributed by atoms with van der Waals surface area (Å²) in [6, 6.07) is 150. The summed E-state index contributed by atoms with van der Waals surface area (Å²) in [5.41, 5.74) is 38.5. The summed E-state index contributed by atoms with van der Waals surface area (Å²) in [5.74, 6) is 0.627. The van der Waals surface area contributed by atoms with E-state index in [0.29, 0.717) is 0 Å².